The van der Waals surface area contributed by atoms with Gasteiger partial charge >= 0.3 is 0 Å². The number of oxazole rings is 1. The summed E-state index contributed by atoms with van der Waals surface area (Å²) >= 11 is 6.33. The van der Waals surface area contributed by atoms with Crippen molar-refractivity contribution in [3.8, 4) is 22.8 Å². The summed E-state index contributed by atoms with van der Waals surface area (Å²) in [5, 5.41) is 3.23. The number of hydrogen-bond acceptors (Lipinski definition) is 4. The van der Waals surface area contributed by atoms with Crippen molar-refractivity contribution in [1.82, 2.24) is 4.98 Å². The van der Waals surface area contributed by atoms with Crippen LogP contribution in [0.2, 0.25) is 5.02 Å². The van der Waals surface area contributed by atoms with E-state index in [-0.39, 0.29) is 5.91 Å². The summed E-state index contributed by atoms with van der Waals surface area (Å²) in [7, 11) is 0. The number of furan rings is 1. The number of nitrogens with one attached hydrogen (secondary N) is 1. The Hall–Kier alpha value is -4.09. The first-order valence-electron chi connectivity index (χ1n) is 10.9. The molecule has 168 valence electrons. The van der Waals surface area contributed by atoms with Crippen molar-refractivity contribution in [2.75, 3.05) is 5.32 Å². The highest BCUT2D eigenvalue weighted by atomic mass is 35.5. The number of halogens is 1. The Balaban J connectivity index is 1.32. The number of aromatic nitrogens is 1. The number of benzene rings is 3. The lowest BCUT2D eigenvalue weighted by Gasteiger charge is -2.06. The summed E-state index contributed by atoms with van der Waals surface area (Å²) in [5.74, 6) is 1.45. The minimum atomic E-state index is -0.332. The van der Waals surface area contributed by atoms with E-state index in [9.17, 15) is 4.79 Å². The largest absolute Gasteiger partial charge is 0.457 e. The molecule has 0 radical (unpaired) electrons. The zero-order valence-corrected chi connectivity index (χ0v) is 19.2. The van der Waals surface area contributed by atoms with Gasteiger partial charge in [-0.25, -0.2) is 4.98 Å². The first kappa shape index (κ1) is 21.7. The molecular formula is C28H21ClN2O3. The van der Waals surface area contributed by atoms with Gasteiger partial charge in [0.1, 0.15) is 17.0 Å². The van der Waals surface area contributed by atoms with Crippen molar-refractivity contribution in [3.05, 3.63) is 101 Å². The SMILES string of the molecule is CCc1ccc2oc(-c3ccc(Cl)c(NC(=O)/C=C/c4ccc(-c5ccccc5)o4)c3)nc2c1. The average Bonchev–Trinajstić information content (AvgIpc) is 3.51. The molecule has 1 amide bonds. The number of amides is 1. The summed E-state index contributed by atoms with van der Waals surface area (Å²) < 4.78 is 11.7. The van der Waals surface area contributed by atoms with Crippen molar-refractivity contribution in [2.24, 2.45) is 0 Å². The van der Waals surface area contributed by atoms with Gasteiger partial charge in [0.05, 0.1) is 10.7 Å². The topological polar surface area (TPSA) is 68.3 Å². The van der Waals surface area contributed by atoms with Gasteiger partial charge in [-0.1, -0.05) is 54.9 Å². The van der Waals surface area contributed by atoms with Crippen LogP contribution >= 0.6 is 11.6 Å². The zero-order valence-electron chi connectivity index (χ0n) is 18.4. The molecule has 0 aliphatic heterocycles. The summed E-state index contributed by atoms with van der Waals surface area (Å²) in [6.07, 6.45) is 3.95. The molecule has 5 aromatic rings. The molecule has 0 fully saturated rings. The number of anilines is 1. The van der Waals surface area contributed by atoms with E-state index >= 15 is 0 Å². The van der Waals surface area contributed by atoms with E-state index in [2.05, 4.69) is 17.2 Å². The molecule has 0 atom stereocenters. The summed E-state index contributed by atoms with van der Waals surface area (Å²) in [6.45, 7) is 2.10. The first-order valence-corrected chi connectivity index (χ1v) is 11.3. The van der Waals surface area contributed by atoms with Gasteiger partial charge in [0.25, 0.3) is 0 Å². The fraction of sp³-hybridized carbons (Fsp3) is 0.0714. The molecule has 1 N–H and O–H groups in total. The van der Waals surface area contributed by atoms with E-state index in [0.29, 0.717) is 27.9 Å². The van der Waals surface area contributed by atoms with E-state index in [1.165, 1.54) is 11.6 Å². The van der Waals surface area contributed by atoms with Gasteiger partial charge in [0.2, 0.25) is 11.8 Å². The molecule has 2 heterocycles. The van der Waals surface area contributed by atoms with Crippen molar-refractivity contribution >= 4 is 40.4 Å². The lowest BCUT2D eigenvalue weighted by atomic mass is 10.1. The number of aryl methyl sites for hydroxylation is 1. The van der Waals surface area contributed by atoms with Gasteiger partial charge in [0.15, 0.2) is 5.58 Å². The molecule has 0 spiro atoms. The van der Waals surface area contributed by atoms with Crippen LogP contribution in [0.1, 0.15) is 18.2 Å². The van der Waals surface area contributed by atoms with Crippen LogP contribution in [-0.2, 0) is 11.2 Å². The van der Waals surface area contributed by atoms with Crippen LogP contribution in [0.5, 0.6) is 0 Å². The molecule has 0 bridgehead atoms. The third-order valence-corrected chi connectivity index (χ3v) is 5.75. The average molecular weight is 469 g/mol. The Bertz CT molecular complexity index is 1500. The Morgan fingerprint density at radius 3 is 2.65 bits per heavy atom. The maximum atomic E-state index is 12.5. The predicted molar refractivity (Wildman–Crippen MR) is 136 cm³/mol. The standard InChI is InChI=1S/C28H21ClN2O3/c1-2-18-8-13-26-24(16-18)31-28(34-26)20-9-12-22(29)23(17-20)30-27(32)15-11-21-10-14-25(33-21)19-6-4-3-5-7-19/h3-17H,2H2,1H3,(H,30,32)/b15-11+. The van der Waals surface area contributed by atoms with Gasteiger partial charge < -0.3 is 14.2 Å². The highest BCUT2D eigenvalue weighted by Gasteiger charge is 2.12. The second-order valence-electron chi connectivity index (χ2n) is 7.76. The first-order chi connectivity index (χ1) is 16.6. The summed E-state index contributed by atoms with van der Waals surface area (Å²) in [5.41, 5.74) is 4.86. The maximum absolute atomic E-state index is 12.5. The molecule has 5 rings (SSSR count). The molecule has 0 saturated heterocycles. The lowest BCUT2D eigenvalue weighted by Crippen LogP contribution is -2.08. The molecule has 5 nitrogen and oxygen atoms in total. The third-order valence-electron chi connectivity index (χ3n) is 5.42. The van der Waals surface area contributed by atoms with Crippen LogP contribution in [-0.4, -0.2) is 10.9 Å². The Morgan fingerprint density at radius 1 is 0.971 bits per heavy atom. The minimum absolute atomic E-state index is 0.332. The number of carbonyl (C=O) groups excluding carboxylic acids is 1. The fourth-order valence-corrected chi connectivity index (χ4v) is 3.77. The van der Waals surface area contributed by atoms with E-state index in [1.807, 2.05) is 66.7 Å². The van der Waals surface area contributed by atoms with E-state index in [4.69, 9.17) is 20.4 Å². The molecular weight excluding hydrogens is 448 g/mol. The van der Waals surface area contributed by atoms with E-state index < -0.39 is 0 Å². The van der Waals surface area contributed by atoms with Crippen LogP contribution in [0, 0.1) is 0 Å². The normalized spacial score (nSPS) is 11.4. The second-order valence-corrected chi connectivity index (χ2v) is 8.17. The van der Waals surface area contributed by atoms with Crippen LogP contribution in [0.15, 0.2) is 93.8 Å². The molecule has 6 heteroatoms. The monoisotopic (exact) mass is 468 g/mol. The Labute approximate surface area is 201 Å². The van der Waals surface area contributed by atoms with Crippen LogP contribution in [0.3, 0.4) is 0 Å². The van der Waals surface area contributed by atoms with E-state index in [0.717, 1.165) is 28.8 Å². The third kappa shape index (κ3) is 4.65. The van der Waals surface area contributed by atoms with Gasteiger partial charge in [-0.2, -0.15) is 0 Å². The smallest absolute Gasteiger partial charge is 0.248 e. The molecule has 0 saturated carbocycles. The second kappa shape index (κ2) is 9.41. The lowest BCUT2D eigenvalue weighted by molar-refractivity contribution is -0.111. The molecule has 0 aliphatic rings. The van der Waals surface area contributed by atoms with Crippen molar-refractivity contribution in [1.29, 1.82) is 0 Å². The number of hydrogen-bond donors (Lipinski definition) is 1. The summed E-state index contributed by atoms with van der Waals surface area (Å²) in [6, 6.07) is 24.7. The molecule has 0 aliphatic carbocycles. The van der Waals surface area contributed by atoms with Crippen molar-refractivity contribution < 1.29 is 13.6 Å². The quantitative estimate of drug-likeness (QED) is 0.260. The number of carbonyl (C=O) groups is 1. The molecule has 2 aromatic heterocycles. The highest BCUT2D eigenvalue weighted by Crippen LogP contribution is 2.31. The van der Waals surface area contributed by atoms with Gasteiger partial charge in [-0.3, -0.25) is 4.79 Å². The number of nitrogens with zero attached hydrogens (tertiary/aromatic N) is 1. The Kier molecular flexibility index (Phi) is 6.02. The van der Waals surface area contributed by atoms with Gasteiger partial charge in [0, 0.05) is 17.2 Å². The summed E-state index contributed by atoms with van der Waals surface area (Å²) in [4.78, 5) is 17.1. The van der Waals surface area contributed by atoms with E-state index in [1.54, 1.807) is 18.2 Å². The zero-order chi connectivity index (χ0) is 23.5. The number of rotatable bonds is 6. The van der Waals surface area contributed by atoms with Crippen molar-refractivity contribution in [2.45, 2.75) is 13.3 Å². The molecule has 3 aromatic carbocycles. The Morgan fingerprint density at radius 2 is 1.82 bits per heavy atom. The van der Waals surface area contributed by atoms with Crippen LogP contribution in [0.4, 0.5) is 5.69 Å². The molecule has 0 unspecified atom stereocenters. The number of fused-ring (bicyclic) bond motifs is 1. The fourth-order valence-electron chi connectivity index (χ4n) is 3.60. The predicted octanol–water partition coefficient (Wildman–Crippen LogP) is 7.62. The van der Waals surface area contributed by atoms with Crippen LogP contribution < -0.4 is 5.32 Å². The van der Waals surface area contributed by atoms with Gasteiger partial charge in [-0.15, -0.1) is 0 Å². The van der Waals surface area contributed by atoms with Gasteiger partial charge in [-0.05, 0) is 60.5 Å². The highest BCUT2D eigenvalue weighted by molar-refractivity contribution is 6.34. The van der Waals surface area contributed by atoms with Crippen molar-refractivity contribution in [3.63, 3.8) is 0 Å². The van der Waals surface area contributed by atoms with Crippen LogP contribution in [0.25, 0.3) is 40.0 Å². The maximum Gasteiger partial charge on any atom is 0.248 e. The molecule has 34 heavy (non-hydrogen) atoms. The minimum Gasteiger partial charge on any atom is -0.457 e.